The second-order valence-electron chi connectivity index (χ2n) is 3.72. The Morgan fingerprint density at radius 3 is 2.31 bits per heavy atom. The molecule has 0 saturated carbocycles. The summed E-state index contributed by atoms with van der Waals surface area (Å²) in [5.74, 6) is 0. The molecular weight excluding hydrogens is 160 g/mol. The van der Waals surface area contributed by atoms with Gasteiger partial charge in [-0.3, -0.25) is 0 Å². The monoisotopic (exact) mass is 186 g/mol. The smallest absolute Gasteiger partial charge is 0.0217 e. The lowest BCUT2D eigenvalue weighted by molar-refractivity contribution is 0.233. The van der Waals surface area contributed by atoms with Crippen molar-refractivity contribution in [3.63, 3.8) is 0 Å². The lowest BCUT2D eigenvalue weighted by Gasteiger charge is -2.26. The average Bonchev–Trinajstić information content (AvgIpc) is 2.16. The Hall–Kier alpha value is -0.0800. The van der Waals surface area contributed by atoms with Gasteiger partial charge in [0.05, 0.1) is 0 Å². The molecule has 0 fully saturated rings. The first-order valence-corrected chi connectivity index (χ1v) is 5.67. The van der Waals surface area contributed by atoms with E-state index < -0.39 is 0 Å². The van der Waals surface area contributed by atoms with Crippen LogP contribution in [0.5, 0.6) is 0 Å². The highest BCUT2D eigenvalue weighted by molar-refractivity contribution is 4.69. The summed E-state index contributed by atoms with van der Waals surface area (Å²) in [5.41, 5.74) is 0. The van der Waals surface area contributed by atoms with Crippen LogP contribution >= 0.6 is 0 Å². The third-order valence-corrected chi connectivity index (χ3v) is 2.55. The van der Waals surface area contributed by atoms with Gasteiger partial charge in [-0.1, -0.05) is 27.2 Å². The summed E-state index contributed by atoms with van der Waals surface area (Å²) in [6.45, 7) is 10.1. The molecule has 0 spiro atoms. The minimum atomic E-state index is 0.724. The van der Waals surface area contributed by atoms with Crippen LogP contribution in [0.2, 0.25) is 0 Å². The maximum absolute atomic E-state index is 3.49. The van der Waals surface area contributed by atoms with Crippen LogP contribution < -0.4 is 5.32 Å². The van der Waals surface area contributed by atoms with Gasteiger partial charge in [-0.15, -0.1) is 0 Å². The van der Waals surface area contributed by atoms with Crippen LogP contribution in [0.4, 0.5) is 0 Å². The highest BCUT2D eigenvalue weighted by atomic mass is 15.1. The summed E-state index contributed by atoms with van der Waals surface area (Å²) in [5, 5.41) is 3.49. The number of hydrogen-bond donors (Lipinski definition) is 1. The van der Waals surface area contributed by atoms with Crippen LogP contribution in [-0.2, 0) is 0 Å². The molecule has 0 aliphatic heterocycles. The molecule has 0 aromatic rings. The van der Waals surface area contributed by atoms with E-state index in [-0.39, 0.29) is 0 Å². The van der Waals surface area contributed by atoms with Gasteiger partial charge in [-0.25, -0.2) is 0 Å². The van der Waals surface area contributed by atoms with Crippen molar-refractivity contribution >= 4 is 0 Å². The Morgan fingerprint density at radius 1 is 1.15 bits per heavy atom. The molecule has 0 aliphatic rings. The molecular formula is C11H26N2. The number of hydrogen-bond acceptors (Lipinski definition) is 2. The van der Waals surface area contributed by atoms with Crippen molar-refractivity contribution < 1.29 is 0 Å². The Balaban J connectivity index is 3.65. The quantitative estimate of drug-likeness (QED) is 0.584. The normalized spacial score (nSPS) is 13.6. The topological polar surface area (TPSA) is 15.3 Å². The van der Waals surface area contributed by atoms with Crippen LogP contribution in [0, 0.1) is 0 Å². The molecule has 2 heteroatoms. The predicted octanol–water partition coefficient (Wildman–Crippen LogP) is 2.11. The molecule has 0 rings (SSSR count). The van der Waals surface area contributed by atoms with Crippen LogP contribution in [-0.4, -0.2) is 37.6 Å². The van der Waals surface area contributed by atoms with E-state index >= 15 is 0 Å². The first-order chi connectivity index (χ1) is 6.26. The molecule has 80 valence electrons. The Kier molecular flexibility index (Phi) is 8.46. The summed E-state index contributed by atoms with van der Waals surface area (Å²) in [7, 11) is 2.22. The van der Waals surface area contributed by atoms with Crippen molar-refractivity contribution in [3.05, 3.63) is 0 Å². The minimum Gasteiger partial charge on any atom is -0.315 e. The molecule has 0 bridgehead atoms. The van der Waals surface area contributed by atoms with Gasteiger partial charge >= 0.3 is 0 Å². The molecule has 0 heterocycles. The zero-order valence-corrected chi connectivity index (χ0v) is 9.77. The van der Waals surface area contributed by atoms with E-state index in [0.29, 0.717) is 0 Å². The summed E-state index contributed by atoms with van der Waals surface area (Å²) in [6, 6.07) is 0.724. The fourth-order valence-electron chi connectivity index (χ4n) is 1.52. The Morgan fingerprint density at radius 2 is 1.85 bits per heavy atom. The first-order valence-electron chi connectivity index (χ1n) is 5.67. The third kappa shape index (κ3) is 6.05. The van der Waals surface area contributed by atoms with E-state index in [1.165, 1.54) is 19.3 Å². The van der Waals surface area contributed by atoms with Gasteiger partial charge in [-0.2, -0.15) is 0 Å². The molecule has 1 N–H and O–H groups in total. The van der Waals surface area contributed by atoms with E-state index in [4.69, 9.17) is 0 Å². The summed E-state index contributed by atoms with van der Waals surface area (Å²) < 4.78 is 0. The zero-order chi connectivity index (χ0) is 10.1. The largest absolute Gasteiger partial charge is 0.315 e. The molecule has 13 heavy (non-hydrogen) atoms. The number of likely N-dealkylation sites (N-methyl/N-ethyl adjacent to an activating group) is 1. The second-order valence-corrected chi connectivity index (χ2v) is 3.72. The van der Waals surface area contributed by atoms with E-state index in [0.717, 1.165) is 25.7 Å². The van der Waals surface area contributed by atoms with E-state index in [2.05, 4.69) is 38.0 Å². The minimum absolute atomic E-state index is 0.724. The van der Waals surface area contributed by atoms with Crippen molar-refractivity contribution in [1.82, 2.24) is 10.2 Å². The fraction of sp³-hybridized carbons (Fsp3) is 1.00. The fourth-order valence-corrected chi connectivity index (χ4v) is 1.52. The van der Waals surface area contributed by atoms with Crippen LogP contribution in [0.15, 0.2) is 0 Å². The van der Waals surface area contributed by atoms with Gasteiger partial charge in [0.2, 0.25) is 0 Å². The van der Waals surface area contributed by atoms with Crippen molar-refractivity contribution in [2.75, 3.05) is 26.7 Å². The zero-order valence-electron chi connectivity index (χ0n) is 9.77. The van der Waals surface area contributed by atoms with Crippen molar-refractivity contribution in [1.29, 1.82) is 0 Å². The number of rotatable bonds is 8. The standard InChI is InChI=1S/C11H26N2/c1-5-8-11(13(4)7-3)10-12-9-6-2/h11-12H,5-10H2,1-4H3. The van der Waals surface area contributed by atoms with Crippen LogP contribution in [0.1, 0.15) is 40.0 Å². The van der Waals surface area contributed by atoms with Gasteiger partial charge in [0.1, 0.15) is 0 Å². The third-order valence-electron chi connectivity index (χ3n) is 2.55. The second kappa shape index (κ2) is 8.52. The summed E-state index contributed by atoms with van der Waals surface area (Å²) in [4.78, 5) is 2.44. The van der Waals surface area contributed by atoms with Gasteiger partial charge in [0.15, 0.2) is 0 Å². The molecule has 2 nitrogen and oxygen atoms in total. The molecule has 0 amide bonds. The van der Waals surface area contributed by atoms with Gasteiger partial charge < -0.3 is 10.2 Å². The van der Waals surface area contributed by atoms with Crippen molar-refractivity contribution in [2.45, 2.75) is 46.1 Å². The molecule has 0 aromatic carbocycles. The van der Waals surface area contributed by atoms with Gasteiger partial charge in [0, 0.05) is 12.6 Å². The lowest BCUT2D eigenvalue weighted by Crippen LogP contribution is -2.40. The maximum atomic E-state index is 3.49. The molecule has 1 atom stereocenters. The van der Waals surface area contributed by atoms with Gasteiger partial charge in [0.25, 0.3) is 0 Å². The highest BCUT2D eigenvalue weighted by Crippen LogP contribution is 2.03. The lowest BCUT2D eigenvalue weighted by atomic mass is 10.1. The van der Waals surface area contributed by atoms with Crippen molar-refractivity contribution in [2.24, 2.45) is 0 Å². The molecule has 0 aromatic heterocycles. The van der Waals surface area contributed by atoms with E-state index in [1.54, 1.807) is 0 Å². The molecule has 0 saturated heterocycles. The van der Waals surface area contributed by atoms with Gasteiger partial charge in [-0.05, 0) is 33.0 Å². The van der Waals surface area contributed by atoms with Crippen molar-refractivity contribution in [3.8, 4) is 0 Å². The molecule has 1 unspecified atom stereocenters. The predicted molar refractivity (Wildman–Crippen MR) is 60.2 cm³/mol. The highest BCUT2D eigenvalue weighted by Gasteiger charge is 2.10. The first kappa shape index (κ1) is 12.9. The Labute approximate surface area is 83.7 Å². The van der Waals surface area contributed by atoms with E-state index in [1.807, 2.05) is 0 Å². The van der Waals surface area contributed by atoms with Crippen LogP contribution in [0.3, 0.4) is 0 Å². The average molecular weight is 186 g/mol. The Bertz CT molecular complexity index is 104. The maximum Gasteiger partial charge on any atom is 0.0217 e. The van der Waals surface area contributed by atoms with E-state index in [9.17, 15) is 0 Å². The molecule has 0 radical (unpaired) electrons. The number of nitrogens with zero attached hydrogens (tertiary/aromatic N) is 1. The SMILES string of the molecule is CCCNCC(CCC)N(C)CC. The molecule has 0 aliphatic carbocycles. The summed E-state index contributed by atoms with van der Waals surface area (Å²) in [6.07, 6.45) is 3.82. The number of nitrogens with one attached hydrogen (secondary N) is 1. The summed E-state index contributed by atoms with van der Waals surface area (Å²) >= 11 is 0. The van der Waals surface area contributed by atoms with Crippen LogP contribution in [0.25, 0.3) is 0 Å².